The van der Waals surface area contributed by atoms with Gasteiger partial charge in [-0.15, -0.1) is 0 Å². The first-order valence-corrected chi connectivity index (χ1v) is 8.79. The summed E-state index contributed by atoms with van der Waals surface area (Å²) in [5.74, 6) is 0. The Hall–Kier alpha value is -2.07. The molecule has 0 amide bonds. The molecule has 26 heavy (non-hydrogen) atoms. The summed E-state index contributed by atoms with van der Waals surface area (Å²) in [5, 5.41) is 0. The van der Waals surface area contributed by atoms with Crippen molar-refractivity contribution < 1.29 is 13.2 Å². The van der Waals surface area contributed by atoms with Gasteiger partial charge in [0.05, 0.1) is 5.56 Å². The third kappa shape index (κ3) is 3.30. The molecule has 0 aliphatic heterocycles. The molecule has 0 heterocycles. The molecule has 0 unspecified atom stereocenters. The van der Waals surface area contributed by atoms with Gasteiger partial charge in [-0.3, -0.25) is 0 Å². The van der Waals surface area contributed by atoms with Crippen molar-refractivity contribution in [2.24, 2.45) is 0 Å². The summed E-state index contributed by atoms with van der Waals surface area (Å²) >= 11 is 0. The molecule has 0 bridgehead atoms. The zero-order chi connectivity index (χ0) is 19.1. The van der Waals surface area contributed by atoms with Crippen molar-refractivity contribution in [3.05, 3.63) is 76.4 Å². The molecule has 0 saturated heterocycles. The summed E-state index contributed by atoms with van der Waals surface area (Å²) in [5.41, 5.74) is 3.80. The standard InChI is InChI=1S/C22H24F3N/c1-21(2)19-10-6-5-8-17(19)16(9-7-13-26(3)4)18-14-15(22(23,24)25)11-12-20(18)21/h5-6,8-12,14H,7,13H2,1-4H3/b16-9+. The molecule has 0 aromatic heterocycles. The van der Waals surface area contributed by atoms with E-state index in [-0.39, 0.29) is 5.41 Å². The maximum absolute atomic E-state index is 13.3. The van der Waals surface area contributed by atoms with Gasteiger partial charge in [0.1, 0.15) is 0 Å². The zero-order valence-electron chi connectivity index (χ0n) is 15.6. The van der Waals surface area contributed by atoms with E-state index in [1.807, 2.05) is 32.3 Å². The maximum atomic E-state index is 13.3. The first-order valence-electron chi connectivity index (χ1n) is 8.79. The van der Waals surface area contributed by atoms with E-state index in [2.05, 4.69) is 30.9 Å². The smallest absolute Gasteiger partial charge is 0.309 e. The van der Waals surface area contributed by atoms with Gasteiger partial charge in [0.15, 0.2) is 0 Å². The number of benzene rings is 2. The molecule has 2 aromatic carbocycles. The second-order valence-corrected chi connectivity index (χ2v) is 7.64. The van der Waals surface area contributed by atoms with Crippen LogP contribution in [0.25, 0.3) is 5.57 Å². The Bertz CT molecular complexity index is 845. The molecule has 0 N–H and O–H groups in total. The van der Waals surface area contributed by atoms with Gasteiger partial charge in [0, 0.05) is 12.0 Å². The van der Waals surface area contributed by atoms with Crippen molar-refractivity contribution in [2.75, 3.05) is 20.6 Å². The lowest BCUT2D eigenvalue weighted by atomic mass is 9.67. The van der Waals surface area contributed by atoms with Crippen molar-refractivity contribution in [2.45, 2.75) is 31.9 Å². The van der Waals surface area contributed by atoms with Crippen LogP contribution in [0, 0.1) is 0 Å². The topological polar surface area (TPSA) is 3.24 Å². The predicted molar refractivity (Wildman–Crippen MR) is 100 cm³/mol. The lowest BCUT2D eigenvalue weighted by molar-refractivity contribution is -0.137. The highest BCUT2D eigenvalue weighted by molar-refractivity contribution is 5.87. The molecule has 0 radical (unpaired) electrons. The molecule has 0 atom stereocenters. The van der Waals surface area contributed by atoms with E-state index in [1.54, 1.807) is 6.07 Å². The average molecular weight is 359 g/mol. The highest BCUT2D eigenvalue weighted by Crippen LogP contribution is 2.47. The maximum Gasteiger partial charge on any atom is 0.416 e. The van der Waals surface area contributed by atoms with E-state index >= 15 is 0 Å². The molecular weight excluding hydrogens is 335 g/mol. The average Bonchev–Trinajstić information content (AvgIpc) is 2.56. The second kappa shape index (κ2) is 6.58. The Morgan fingerprint density at radius 1 is 0.962 bits per heavy atom. The predicted octanol–water partition coefficient (Wildman–Crippen LogP) is 5.73. The third-order valence-corrected chi connectivity index (χ3v) is 5.13. The van der Waals surface area contributed by atoms with E-state index < -0.39 is 11.7 Å². The molecule has 1 nitrogen and oxygen atoms in total. The lowest BCUT2D eigenvalue weighted by Crippen LogP contribution is -2.27. The van der Waals surface area contributed by atoms with Gasteiger partial charge in [0.25, 0.3) is 0 Å². The van der Waals surface area contributed by atoms with Crippen molar-refractivity contribution in [1.82, 2.24) is 4.90 Å². The van der Waals surface area contributed by atoms with E-state index in [0.29, 0.717) is 5.56 Å². The highest BCUT2D eigenvalue weighted by Gasteiger charge is 2.37. The van der Waals surface area contributed by atoms with Crippen LogP contribution in [-0.2, 0) is 11.6 Å². The summed E-state index contributed by atoms with van der Waals surface area (Å²) in [6.07, 6.45) is -1.48. The minimum atomic E-state index is -4.34. The zero-order valence-corrected chi connectivity index (χ0v) is 15.6. The fraction of sp³-hybridized carbons (Fsp3) is 0.364. The van der Waals surface area contributed by atoms with Crippen LogP contribution in [0.2, 0.25) is 0 Å². The SMILES string of the molecule is CN(C)CC/C=C1\c2ccccc2C(C)(C)c2ccc(C(F)(F)F)cc21. The lowest BCUT2D eigenvalue weighted by Gasteiger charge is -2.37. The summed E-state index contributed by atoms with van der Waals surface area (Å²) in [6.45, 7) is 5.01. The van der Waals surface area contributed by atoms with E-state index in [9.17, 15) is 13.2 Å². The monoisotopic (exact) mass is 359 g/mol. The van der Waals surface area contributed by atoms with Crippen LogP contribution in [0.15, 0.2) is 48.5 Å². The first kappa shape index (κ1) is 18.7. The van der Waals surface area contributed by atoms with Crippen LogP contribution in [0.1, 0.15) is 48.1 Å². The molecule has 3 rings (SSSR count). The molecular formula is C22H24F3N. The molecule has 0 fully saturated rings. The Morgan fingerprint density at radius 3 is 2.27 bits per heavy atom. The number of hydrogen-bond acceptors (Lipinski definition) is 1. The van der Waals surface area contributed by atoms with Crippen LogP contribution < -0.4 is 0 Å². The summed E-state index contributed by atoms with van der Waals surface area (Å²) in [4.78, 5) is 2.07. The number of hydrogen-bond donors (Lipinski definition) is 0. The van der Waals surface area contributed by atoms with Gasteiger partial charge in [-0.2, -0.15) is 13.2 Å². The van der Waals surface area contributed by atoms with Crippen LogP contribution in [0.5, 0.6) is 0 Å². The van der Waals surface area contributed by atoms with Gasteiger partial charge in [-0.05, 0) is 60.5 Å². The molecule has 1 aliphatic rings. The van der Waals surface area contributed by atoms with Crippen molar-refractivity contribution in [3.8, 4) is 0 Å². The van der Waals surface area contributed by atoms with E-state index in [4.69, 9.17) is 0 Å². The van der Waals surface area contributed by atoms with E-state index in [1.165, 1.54) is 12.1 Å². The van der Waals surface area contributed by atoms with Gasteiger partial charge in [-0.1, -0.05) is 50.3 Å². The number of alkyl halides is 3. The molecule has 1 aliphatic carbocycles. The molecule has 0 saturated carbocycles. The summed E-state index contributed by atoms with van der Waals surface area (Å²) in [6, 6.07) is 12.2. The molecule has 0 spiro atoms. The minimum absolute atomic E-state index is 0.338. The second-order valence-electron chi connectivity index (χ2n) is 7.64. The number of halogens is 3. The summed E-state index contributed by atoms with van der Waals surface area (Å²) in [7, 11) is 3.98. The van der Waals surface area contributed by atoms with Crippen LogP contribution in [0.4, 0.5) is 13.2 Å². The first-order chi connectivity index (χ1) is 12.1. The molecule has 138 valence electrons. The van der Waals surface area contributed by atoms with Crippen LogP contribution >= 0.6 is 0 Å². The Kier molecular flexibility index (Phi) is 4.74. The fourth-order valence-corrected chi connectivity index (χ4v) is 3.73. The van der Waals surface area contributed by atoms with Gasteiger partial charge >= 0.3 is 6.18 Å². The van der Waals surface area contributed by atoms with Crippen molar-refractivity contribution in [3.63, 3.8) is 0 Å². The number of nitrogens with zero attached hydrogens (tertiary/aromatic N) is 1. The Balaban J connectivity index is 2.22. The van der Waals surface area contributed by atoms with Gasteiger partial charge in [0.2, 0.25) is 0 Å². The fourth-order valence-electron chi connectivity index (χ4n) is 3.73. The molecule has 2 aromatic rings. The quantitative estimate of drug-likeness (QED) is 0.677. The minimum Gasteiger partial charge on any atom is -0.309 e. The Morgan fingerprint density at radius 2 is 1.62 bits per heavy atom. The van der Waals surface area contributed by atoms with Crippen LogP contribution in [0.3, 0.4) is 0 Å². The Labute approximate surface area is 153 Å². The summed E-state index contributed by atoms with van der Waals surface area (Å²) < 4.78 is 39.9. The third-order valence-electron chi connectivity index (χ3n) is 5.13. The number of fused-ring (bicyclic) bond motifs is 2. The van der Waals surface area contributed by atoms with Gasteiger partial charge < -0.3 is 4.90 Å². The normalized spacial score (nSPS) is 17.3. The molecule has 4 heteroatoms. The largest absolute Gasteiger partial charge is 0.416 e. The van der Waals surface area contributed by atoms with Gasteiger partial charge in [-0.25, -0.2) is 0 Å². The number of rotatable bonds is 3. The van der Waals surface area contributed by atoms with Crippen molar-refractivity contribution in [1.29, 1.82) is 0 Å². The van der Waals surface area contributed by atoms with Crippen molar-refractivity contribution >= 4 is 5.57 Å². The van der Waals surface area contributed by atoms with E-state index in [0.717, 1.165) is 35.2 Å². The van der Waals surface area contributed by atoms with Crippen LogP contribution in [-0.4, -0.2) is 25.5 Å². The highest BCUT2D eigenvalue weighted by atomic mass is 19.4.